The highest BCUT2D eigenvalue weighted by atomic mass is 35.5. The lowest BCUT2D eigenvalue weighted by molar-refractivity contribution is 0.0946. The van der Waals surface area contributed by atoms with E-state index in [0.29, 0.717) is 29.2 Å². The van der Waals surface area contributed by atoms with Crippen LogP contribution in [0.25, 0.3) is 11.3 Å². The number of aromatic amines is 1. The summed E-state index contributed by atoms with van der Waals surface area (Å²) in [5.41, 5.74) is 1.88. The molecule has 0 spiro atoms. The summed E-state index contributed by atoms with van der Waals surface area (Å²) in [5, 5.41) is 19.2. The molecular weight excluding hydrogens is 278 g/mol. The number of hydrogen-bond donors (Lipinski definition) is 3. The number of aliphatic hydroxyl groups is 1. The first-order valence-corrected chi connectivity index (χ1v) is 6.71. The second-order valence-corrected chi connectivity index (χ2v) is 5.00. The fourth-order valence-electron chi connectivity index (χ4n) is 1.81. The van der Waals surface area contributed by atoms with E-state index in [-0.39, 0.29) is 5.91 Å². The molecule has 5 nitrogen and oxygen atoms in total. The third-order valence-electron chi connectivity index (χ3n) is 2.84. The number of halogens is 1. The van der Waals surface area contributed by atoms with Gasteiger partial charge in [0.05, 0.1) is 23.6 Å². The van der Waals surface area contributed by atoms with E-state index >= 15 is 0 Å². The molecule has 0 saturated heterocycles. The number of H-pyrrole nitrogens is 1. The van der Waals surface area contributed by atoms with Gasteiger partial charge in [0, 0.05) is 17.1 Å². The van der Waals surface area contributed by atoms with Crippen molar-refractivity contribution in [1.29, 1.82) is 0 Å². The van der Waals surface area contributed by atoms with Crippen LogP contribution in [0.2, 0.25) is 5.02 Å². The van der Waals surface area contributed by atoms with E-state index in [0.717, 1.165) is 5.56 Å². The molecule has 0 saturated carbocycles. The molecule has 2 rings (SSSR count). The van der Waals surface area contributed by atoms with E-state index in [1.165, 1.54) is 6.20 Å². The van der Waals surface area contributed by atoms with Crippen LogP contribution in [0.15, 0.2) is 30.5 Å². The summed E-state index contributed by atoms with van der Waals surface area (Å²) in [6, 6.07) is 7.20. The topological polar surface area (TPSA) is 78.0 Å². The van der Waals surface area contributed by atoms with Gasteiger partial charge < -0.3 is 10.4 Å². The SMILES string of the molecule is CC(O)CCNC(=O)c1cn[nH]c1-c1cccc(Cl)c1. The quantitative estimate of drug-likeness (QED) is 0.791. The van der Waals surface area contributed by atoms with Crippen molar-refractivity contribution >= 4 is 17.5 Å². The molecule has 1 amide bonds. The Labute approximate surface area is 122 Å². The number of hydrogen-bond acceptors (Lipinski definition) is 3. The van der Waals surface area contributed by atoms with Crippen LogP contribution in [0.5, 0.6) is 0 Å². The lowest BCUT2D eigenvalue weighted by atomic mass is 10.1. The van der Waals surface area contributed by atoms with Crippen molar-refractivity contribution in [2.45, 2.75) is 19.4 Å². The van der Waals surface area contributed by atoms with Crippen molar-refractivity contribution in [2.24, 2.45) is 0 Å². The number of rotatable bonds is 5. The summed E-state index contributed by atoms with van der Waals surface area (Å²) in [7, 11) is 0. The second kappa shape index (κ2) is 6.54. The number of amides is 1. The highest BCUT2D eigenvalue weighted by Gasteiger charge is 2.15. The van der Waals surface area contributed by atoms with Gasteiger partial charge in [0.15, 0.2) is 0 Å². The van der Waals surface area contributed by atoms with Crippen LogP contribution in [-0.2, 0) is 0 Å². The predicted octanol–water partition coefficient (Wildman–Crippen LogP) is 2.23. The van der Waals surface area contributed by atoms with Crippen molar-refractivity contribution < 1.29 is 9.90 Å². The van der Waals surface area contributed by atoms with Crippen LogP contribution in [0.1, 0.15) is 23.7 Å². The highest BCUT2D eigenvalue weighted by molar-refractivity contribution is 6.30. The smallest absolute Gasteiger partial charge is 0.255 e. The van der Waals surface area contributed by atoms with Crippen molar-refractivity contribution in [3.05, 3.63) is 41.0 Å². The van der Waals surface area contributed by atoms with Crippen LogP contribution in [0, 0.1) is 0 Å². The van der Waals surface area contributed by atoms with Gasteiger partial charge in [0.25, 0.3) is 5.91 Å². The van der Waals surface area contributed by atoms with Crippen LogP contribution in [0.3, 0.4) is 0 Å². The van der Waals surface area contributed by atoms with Gasteiger partial charge >= 0.3 is 0 Å². The molecule has 2 aromatic rings. The Kier molecular flexibility index (Phi) is 4.76. The Morgan fingerprint density at radius 2 is 2.35 bits per heavy atom. The number of nitrogens with one attached hydrogen (secondary N) is 2. The van der Waals surface area contributed by atoms with E-state index in [1.54, 1.807) is 19.1 Å². The van der Waals surface area contributed by atoms with E-state index in [9.17, 15) is 9.90 Å². The van der Waals surface area contributed by atoms with Crippen molar-refractivity contribution in [3.8, 4) is 11.3 Å². The maximum atomic E-state index is 12.1. The Morgan fingerprint density at radius 1 is 1.55 bits per heavy atom. The lowest BCUT2D eigenvalue weighted by Gasteiger charge is -2.07. The number of aromatic nitrogens is 2. The Hall–Kier alpha value is -1.85. The largest absolute Gasteiger partial charge is 0.393 e. The molecule has 1 heterocycles. The summed E-state index contributed by atoms with van der Waals surface area (Å²) >= 11 is 5.95. The van der Waals surface area contributed by atoms with Crippen LogP contribution >= 0.6 is 11.6 Å². The van der Waals surface area contributed by atoms with E-state index in [2.05, 4.69) is 15.5 Å². The van der Waals surface area contributed by atoms with Gasteiger partial charge in [-0.2, -0.15) is 5.10 Å². The predicted molar refractivity (Wildman–Crippen MR) is 77.7 cm³/mol. The van der Waals surface area contributed by atoms with Gasteiger partial charge in [-0.05, 0) is 25.5 Å². The number of aliphatic hydroxyl groups excluding tert-OH is 1. The van der Waals surface area contributed by atoms with Gasteiger partial charge in [0.2, 0.25) is 0 Å². The first-order chi connectivity index (χ1) is 9.58. The van der Waals surface area contributed by atoms with Gasteiger partial charge in [-0.1, -0.05) is 23.7 Å². The highest BCUT2D eigenvalue weighted by Crippen LogP contribution is 2.23. The minimum Gasteiger partial charge on any atom is -0.393 e. The number of benzene rings is 1. The molecule has 0 aliphatic carbocycles. The average Bonchev–Trinajstić information content (AvgIpc) is 2.87. The third-order valence-corrected chi connectivity index (χ3v) is 3.08. The first kappa shape index (κ1) is 14.6. The average molecular weight is 294 g/mol. The normalized spacial score (nSPS) is 12.2. The van der Waals surface area contributed by atoms with Crippen LogP contribution in [0.4, 0.5) is 0 Å². The molecule has 0 bridgehead atoms. The summed E-state index contributed by atoms with van der Waals surface area (Å²) in [6.07, 6.45) is 1.55. The maximum Gasteiger partial charge on any atom is 0.255 e. The zero-order chi connectivity index (χ0) is 14.5. The fourth-order valence-corrected chi connectivity index (χ4v) is 2.00. The Balaban J connectivity index is 2.14. The van der Waals surface area contributed by atoms with E-state index in [1.807, 2.05) is 12.1 Å². The Morgan fingerprint density at radius 3 is 3.05 bits per heavy atom. The van der Waals surface area contributed by atoms with Gasteiger partial charge in [-0.15, -0.1) is 0 Å². The third kappa shape index (κ3) is 3.59. The van der Waals surface area contributed by atoms with E-state index in [4.69, 9.17) is 11.6 Å². The fraction of sp³-hybridized carbons (Fsp3) is 0.286. The number of carbonyl (C=O) groups excluding carboxylic acids is 1. The molecule has 0 fully saturated rings. The summed E-state index contributed by atoms with van der Waals surface area (Å²) < 4.78 is 0. The van der Waals surface area contributed by atoms with Crippen molar-refractivity contribution in [3.63, 3.8) is 0 Å². The molecule has 0 aliphatic rings. The molecule has 6 heteroatoms. The molecule has 1 aromatic heterocycles. The van der Waals surface area contributed by atoms with Crippen LogP contribution in [-0.4, -0.2) is 33.9 Å². The van der Waals surface area contributed by atoms with Crippen molar-refractivity contribution in [2.75, 3.05) is 6.54 Å². The summed E-state index contributed by atoms with van der Waals surface area (Å²) in [5.74, 6) is -0.227. The number of nitrogens with zero attached hydrogens (tertiary/aromatic N) is 1. The monoisotopic (exact) mass is 293 g/mol. The molecule has 1 atom stereocenters. The lowest BCUT2D eigenvalue weighted by Crippen LogP contribution is -2.26. The summed E-state index contributed by atoms with van der Waals surface area (Å²) in [4.78, 5) is 12.1. The van der Waals surface area contributed by atoms with Gasteiger partial charge in [0.1, 0.15) is 0 Å². The van der Waals surface area contributed by atoms with Gasteiger partial charge in [-0.25, -0.2) is 0 Å². The molecule has 20 heavy (non-hydrogen) atoms. The minimum absolute atomic E-state index is 0.227. The van der Waals surface area contributed by atoms with Crippen LogP contribution < -0.4 is 5.32 Å². The maximum absolute atomic E-state index is 12.1. The number of carbonyl (C=O) groups is 1. The van der Waals surface area contributed by atoms with Gasteiger partial charge in [-0.3, -0.25) is 9.89 Å². The second-order valence-electron chi connectivity index (χ2n) is 4.56. The summed E-state index contributed by atoms with van der Waals surface area (Å²) in [6.45, 7) is 2.10. The molecule has 0 radical (unpaired) electrons. The van der Waals surface area contributed by atoms with Crippen molar-refractivity contribution in [1.82, 2.24) is 15.5 Å². The molecule has 3 N–H and O–H groups in total. The van der Waals surface area contributed by atoms with E-state index < -0.39 is 6.10 Å². The Bertz CT molecular complexity index is 596. The zero-order valence-electron chi connectivity index (χ0n) is 11.1. The molecule has 1 aromatic carbocycles. The molecular formula is C14H16ClN3O2. The first-order valence-electron chi connectivity index (χ1n) is 6.33. The minimum atomic E-state index is -0.438. The molecule has 0 aliphatic heterocycles. The zero-order valence-corrected chi connectivity index (χ0v) is 11.8. The molecule has 106 valence electrons. The molecule has 1 unspecified atom stereocenters. The standard InChI is InChI=1S/C14H16ClN3O2/c1-9(19)5-6-16-14(20)12-8-17-18-13(12)10-3-2-4-11(15)7-10/h2-4,7-9,19H,5-6H2,1H3,(H,16,20)(H,17,18).